The standard InChI is InChI=1S/C19H20N4O3/c1-23-12-11-21-18(23)16(22-19(24)13-7-9-20-10-8-13)14-5-4-6-15(25-2)17(14)26-3/h4-12,16H,1-3H3,(H,22,24). The zero-order valence-electron chi connectivity index (χ0n) is 14.8. The largest absolute Gasteiger partial charge is 0.493 e. The minimum atomic E-state index is -0.513. The summed E-state index contributed by atoms with van der Waals surface area (Å²) in [7, 11) is 5.02. The van der Waals surface area contributed by atoms with E-state index in [0.29, 0.717) is 22.9 Å². The predicted octanol–water partition coefficient (Wildman–Crippen LogP) is 2.35. The van der Waals surface area contributed by atoms with E-state index in [2.05, 4.69) is 15.3 Å². The Kier molecular flexibility index (Phi) is 5.17. The molecular formula is C19H20N4O3. The molecule has 0 spiro atoms. The molecule has 26 heavy (non-hydrogen) atoms. The van der Waals surface area contributed by atoms with Gasteiger partial charge in [0, 0.05) is 43.0 Å². The number of para-hydroxylation sites is 1. The first-order chi connectivity index (χ1) is 12.7. The van der Waals surface area contributed by atoms with Crippen molar-refractivity contribution in [3.05, 3.63) is 72.1 Å². The summed E-state index contributed by atoms with van der Waals surface area (Å²) in [5.74, 6) is 1.59. The second-order valence-corrected chi connectivity index (χ2v) is 5.62. The number of rotatable bonds is 6. The van der Waals surface area contributed by atoms with E-state index in [1.165, 1.54) is 0 Å². The van der Waals surface area contributed by atoms with Crippen LogP contribution in [-0.4, -0.2) is 34.7 Å². The van der Waals surface area contributed by atoms with Crippen molar-refractivity contribution in [2.24, 2.45) is 7.05 Å². The van der Waals surface area contributed by atoms with Crippen LogP contribution < -0.4 is 14.8 Å². The summed E-state index contributed by atoms with van der Waals surface area (Å²) in [5, 5.41) is 3.03. The van der Waals surface area contributed by atoms with Crippen LogP contribution in [0.4, 0.5) is 0 Å². The second-order valence-electron chi connectivity index (χ2n) is 5.62. The lowest BCUT2D eigenvalue weighted by atomic mass is 10.0. The predicted molar refractivity (Wildman–Crippen MR) is 96.3 cm³/mol. The van der Waals surface area contributed by atoms with Gasteiger partial charge in [-0.05, 0) is 18.2 Å². The van der Waals surface area contributed by atoms with Gasteiger partial charge in [0.25, 0.3) is 5.91 Å². The fourth-order valence-corrected chi connectivity index (χ4v) is 2.79. The molecule has 134 valence electrons. The van der Waals surface area contributed by atoms with Gasteiger partial charge in [-0.2, -0.15) is 0 Å². The van der Waals surface area contributed by atoms with Gasteiger partial charge in [-0.1, -0.05) is 12.1 Å². The molecule has 2 aromatic heterocycles. The molecule has 0 saturated carbocycles. The van der Waals surface area contributed by atoms with Crippen LogP contribution in [0.15, 0.2) is 55.1 Å². The van der Waals surface area contributed by atoms with Gasteiger partial charge in [0.1, 0.15) is 11.9 Å². The number of amides is 1. The highest BCUT2D eigenvalue weighted by Crippen LogP contribution is 2.36. The Hall–Kier alpha value is -3.35. The number of hydrogen-bond acceptors (Lipinski definition) is 5. The highest BCUT2D eigenvalue weighted by Gasteiger charge is 2.26. The van der Waals surface area contributed by atoms with Crippen molar-refractivity contribution in [3.63, 3.8) is 0 Å². The maximum atomic E-state index is 12.7. The number of carbonyl (C=O) groups is 1. The number of imidazole rings is 1. The van der Waals surface area contributed by atoms with Crippen molar-refractivity contribution >= 4 is 5.91 Å². The fourth-order valence-electron chi connectivity index (χ4n) is 2.79. The van der Waals surface area contributed by atoms with Crippen molar-refractivity contribution in [1.82, 2.24) is 19.9 Å². The van der Waals surface area contributed by atoms with E-state index in [1.807, 2.05) is 36.0 Å². The Labute approximate surface area is 151 Å². The molecule has 0 radical (unpaired) electrons. The van der Waals surface area contributed by atoms with Gasteiger partial charge in [-0.15, -0.1) is 0 Å². The molecule has 0 fully saturated rings. The monoisotopic (exact) mass is 352 g/mol. The minimum absolute atomic E-state index is 0.231. The van der Waals surface area contributed by atoms with Crippen molar-refractivity contribution in [3.8, 4) is 11.5 Å². The Morgan fingerprint density at radius 1 is 1.12 bits per heavy atom. The molecule has 0 aliphatic rings. The average molecular weight is 352 g/mol. The van der Waals surface area contributed by atoms with Gasteiger partial charge in [0.2, 0.25) is 0 Å². The number of benzene rings is 1. The lowest BCUT2D eigenvalue weighted by Crippen LogP contribution is -2.31. The van der Waals surface area contributed by atoms with Crippen molar-refractivity contribution in [2.45, 2.75) is 6.04 Å². The quantitative estimate of drug-likeness (QED) is 0.737. The smallest absolute Gasteiger partial charge is 0.252 e. The zero-order chi connectivity index (χ0) is 18.5. The molecule has 0 aliphatic heterocycles. The number of aryl methyl sites for hydroxylation is 1. The van der Waals surface area contributed by atoms with Crippen LogP contribution in [0.1, 0.15) is 27.8 Å². The number of nitrogens with zero attached hydrogens (tertiary/aromatic N) is 3. The number of methoxy groups -OCH3 is 2. The number of pyridine rings is 1. The number of nitrogens with one attached hydrogen (secondary N) is 1. The van der Waals surface area contributed by atoms with Crippen molar-refractivity contribution < 1.29 is 14.3 Å². The van der Waals surface area contributed by atoms with Crippen LogP contribution in [0.3, 0.4) is 0 Å². The van der Waals surface area contributed by atoms with Gasteiger partial charge >= 0.3 is 0 Å². The lowest BCUT2D eigenvalue weighted by molar-refractivity contribution is 0.0940. The Bertz CT molecular complexity index is 893. The summed E-state index contributed by atoms with van der Waals surface area (Å²) in [4.78, 5) is 21.1. The van der Waals surface area contributed by atoms with E-state index in [-0.39, 0.29) is 5.91 Å². The van der Waals surface area contributed by atoms with Gasteiger partial charge < -0.3 is 19.4 Å². The molecule has 1 unspecified atom stereocenters. The fraction of sp³-hybridized carbons (Fsp3) is 0.211. The third-order valence-corrected chi connectivity index (χ3v) is 4.08. The Morgan fingerprint density at radius 2 is 1.88 bits per heavy atom. The molecule has 1 amide bonds. The van der Waals surface area contributed by atoms with E-state index in [4.69, 9.17) is 9.47 Å². The second kappa shape index (κ2) is 7.69. The van der Waals surface area contributed by atoms with Crippen LogP contribution in [0.5, 0.6) is 11.5 Å². The third kappa shape index (κ3) is 3.37. The highest BCUT2D eigenvalue weighted by molar-refractivity contribution is 5.94. The van der Waals surface area contributed by atoms with Crippen LogP contribution in [0.2, 0.25) is 0 Å². The zero-order valence-corrected chi connectivity index (χ0v) is 14.8. The molecule has 1 aromatic carbocycles. The normalized spacial score (nSPS) is 11.7. The van der Waals surface area contributed by atoms with E-state index in [1.54, 1.807) is 44.9 Å². The molecule has 1 N–H and O–H groups in total. The van der Waals surface area contributed by atoms with Crippen molar-refractivity contribution in [1.29, 1.82) is 0 Å². The summed E-state index contributed by atoms with van der Waals surface area (Å²) < 4.78 is 12.8. The summed E-state index contributed by atoms with van der Waals surface area (Å²) in [6.45, 7) is 0. The maximum Gasteiger partial charge on any atom is 0.252 e. The first-order valence-electron chi connectivity index (χ1n) is 8.04. The van der Waals surface area contributed by atoms with Crippen LogP contribution in [0, 0.1) is 0 Å². The number of aromatic nitrogens is 3. The molecular weight excluding hydrogens is 332 g/mol. The molecule has 3 aromatic rings. The summed E-state index contributed by atoms with van der Waals surface area (Å²) in [6, 6.07) is 8.35. The highest BCUT2D eigenvalue weighted by atomic mass is 16.5. The van der Waals surface area contributed by atoms with Crippen molar-refractivity contribution in [2.75, 3.05) is 14.2 Å². The first-order valence-corrected chi connectivity index (χ1v) is 8.04. The molecule has 7 nitrogen and oxygen atoms in total. The van der Waals surface area contributed by atoms with Crippen LogP contribution in [0.25, 0.3) is 0 Å². The van der Waals surface area contributed by atoms with Gasteiger partial charge in [-0.25, -0.2) is 4.98 Å². The van der Waals surface area contributed by atoms with E-state index < -0.39 is 6.04 Å². The molecule has 2 heterocycles. The molecule has 1 atom stereocenters. The van der Waals surface area contributed by atoms with E-state index >= 15 is 0 Å². The average Bonchev–Trinajstić information content (AvgIpc) is 3.11. The minimum Gasteiger partial charge on any atom is -0.493 e. The molecule has 0 aliphatic carbocycles. The number of ether oxygens (including phenoxy) is 2. The molecule has 0 bridgehead atoms. The summed E-state index contributed by atoms with van der Waals surface area (Å²) in [5.41, 5.74) is 1.27. The number of carbonyl (C=O) groups excluding carboxylic acids is 1. The van der Waals surface area contributed by atoms with Crippen LogP contribution >= 0.6 is 0 Å². The van der Waals surface area contributed by atoms with Crippen LogP contribution in [-0.2, 0) is 7.05 Å². The Balaban J connectivity index is 2.06. The summed E-state index contributed by atoms with van der Waals surface area (Å²) >= 11 is 0. The van der Waals surface area contributed by atoms with Gasteiger partial charge in [0.15, 0.2) is 11.5 Å². The molecule has 7 heteroatoms. The Morgan fingerprint density at radius 3 is 2.50 bits per heavy atom. The third-order valence-electron chi connectivity index (χ3n) is 4.08. The van der Waals surface area contributed by atoms with Gasteiger partial charge in [0.05, 0.1) is 14.2 Å². The first kappa shape index (κ1) is 17.5. The van der Waals surface area contributed by atoms with E-state index in [9.17, 15) is 4.79 Å². The van der Waals surface area contributed by atoms with E-state index in [0.717, 1.165) is 5.56 Å². The maximum absolute atomic E-state index is 12.7. The molecule has 0 saturated heterocycles. The number of hydrogen-bond donors (Lipinski definition) is 1. The van der Waals surface area contributed by atoms with Gasteiger partial charge in [-0.3, -0.25) is 9.78 Å². The summed E-state index contributed by atoms with van der Waals surface area (Å²) in [6.07, 6.45) is 6.68. The topological polar surface area (TPSA) is 78.3 Å². The SMILES string of the molecule is COc1cccc(C(NC(=O)c2ccncc2)c2nccn2C)c1OC. The lowest BCUT2D eigenvalue weighted by Gasteiger charge is -2.22. The molecule has 3 rings (SSSR count).